The topological polar surface area (TPSA) is 123 Å². The number of benzene rings is 2. The molecule has 0 bridgehead atoms. The van der Waals surface area contributed by atoms with Crippen LogP contribution in [0.3, 0.4) is 0 Å². The summed E-state index contributed by atoms with van der Waals surface area (Å²) in [4.78, 5) is 27.9. The second-order valence-corrected chi connectivity index (χ2v) is 7.86. The van der Waals surface area contributed by atoms with Gasteiger partial charge in [0.1, 0.15) is 5.82 Å². The van der Waals surface area contributed by atoms with Crippen LogP contribution in [-0.2, 0) is 19.6 Å². The SMILES string of the molecule is CCCCc1ncc(CO)n1Cc1ccc2c(c1)cc(C(=O)[O-])n2-c1ccccc1C(=O)[O-].[Li+].[Li+]. The Balaban J connectivity index is 0.00000216. The molecular formula is C25H23Li2N3O5. The normalized spacial score (nSPS) is 10.6. The standard InChI is InChI=1S/C25H25N3O5.2Li/c1-2-3-8-23-26-13-18(15-29)27(23)14-16-9-10-20-17(11-16)12-22(25(32)33)28(20)21-7-5-4-6-19(21)24(30)31;;/h4-7,9-13,29H,2-3,8,14-15H2,1H3,(H,30,31)(H,32,33);;/q;2*+1/p-2. The zero-order chi connectivity index (χ0) is 23.5. The third-order valence-electron chi connectivity index (χ3n) is 5.72. The van der Waals surface area contributed by atoms with Crippen molar-refractivity contribution >= 4 is 22.8 Å². The van der Waals surface area contributed by atoms with Crippen LogP contribution in [0, 0.1) is 0 Å². The molecule has 170 valence electrons. The molecule has 0 saturated heterocycles. The zero-order valence-electron chi connectivity index (χ0n) is 20.2. The molecule has 0 aliphatic heterocycles. The number of hydrogen-bond acceptors (Lipinski definition) is 6. The Morgan fingerprint density at radius 2 is 1.77 bits per heavy atom. The van der Waals surface area contributed by atoms with E-state index in [2.05, 4.69) is 11.9 Å². The molecule has 10 heteroatoms. The number of imidazole rings is 1. The van der Waals surface area contributed by atoms with Gasteiger partial charge < -0.3 is 34.0 Å². The van der Waals surface area contributed by atoms with Gasteiger partial charge in [0.25, 0.3) is 0 Å². The minimum absolute atomic E-state index is 0. The van der Waals surface area contributed by atoms with Crippen LogP contribution in [0.2, 0.25) is 0 Å². The molecule has 4 rings (SSSR count). The molecule has 2 heterocycles. The number of aryl methyl sites for hydroxylation is 1. The number of nitrogens with zero attached hydrogens (tertiary/aromatic N) is 3. The maximum atomic E-state index is 11.9. The van der Waals surface area contributed by atoms with E-state index in [1.165, 1.54) is 22.8 Å². The fourth-order valence-corrected chi connectivity index (χ4v) is 4.10. The first kappa shape index (κ1) is 28.5. The summed E-state index contributed by atoms with van der Waals surface area (Å²) in [6, 6.07) is 13.0. The van der Waals surface area contributed by atoms with Gasteiger partial charge in [-0.05, 0) is 36.2 Å². The van der Waals surface area contributed by atoms with Crippen molar-refractivity contribution in [1.82, 2.24) is 14.1 Å². The van der Waals surface area contributed by atoms with Gasteiger partial charge in [-0.2, -0.15) is 0 Å². The summed E-state index contributed by atoms with van der Waals surface area (Å²) in [7, 11) is 0. The number of para-hydroxylation sites is 1. The Morgan fingerprint density at radius 3 is 2.43 bits per heavy atom. The van der Waals surface area contributed by atoms with E-state index < -0.39 is 11.9 Å². The number of carboxylic acid groups (broad SMARTS) is 2. The number of aromatic carboxylic acids is 2. The van der Waals surface area contributed by atoms with Gasteiger partial charge in [-0.15, -0.1) is 0 Å². The van der Waals surface area contributed by atoms with Crippen LogP contribution in [0.4, 0.5) is 0 Å². The number of rotatable bonds is 9. The molecule has 1 N–H and O–H groups in total. The minimum atomic E-state index is -1.42. The number of carbonyl (C=O) groups is 2. The van der Waals surface area contributed by atoms with Gasteiger partial charge in [-0.25, -0.2) is 4.98 Å². The Bertz CT molecular complexity index is 1350. The first-order valence-electron chi connectivity index (χ1n) is 10.7. The van der Waals surface area contributed by atoms with E-state index >= 15 is 0 Å². The number of carbonyl (C=O) groups excluding carboxylic acids is 2. The Kier molecular flexibility index (Phi) is 10.0. The molecule has 0 radical (unpaired) electrons. The summed E-state index contributed by atoms with van der Waals surface area (Å²) in [6.45, 7) is 2.44. The van der Waals surface area contributed by atoms with Crippen molar-refractivity contribution in [2.75, 3.05) is 0 Å². The van der Waals surface area contributed by atoms with Gasteiger partial charge in [0.05, 0.1) is 47.3 Å². The monoisotopic (exact) mass is 459 g/mol. The van der Waals surface area contributed by atoms with Gasteiger partial charge in [-0.3, -0.25) is 0 Å². The maximum Gasteiger partial charge on any atom is 1.00 e. The minimum Gasteiger partial charge on any atom is -0.545 e. The number of fused-ring (bicyclic) bond motifs is 1. The number of aromatic nitrogens is 3. The molecule has 0 saturated carbocycles. The molecule has 2 aromatic carbocycles. The van der Waals surface area contributed by atoms with Gasteiger partial charge in [0.15, 0.2) is 0 Å². The second kappa shape index (κ2) is 12.3. The number of aliphatic hydroxyl groups is 1. The molecule has 0 fully saturated rings. The summed E-state index contributed by atoms with van der Waals surface area (Å²) in [5.74, 6) is -1.93. The fourth-order valence-electron chi connectivity index (χ4n) is 4.10. The molecule has 0 spiro atoms. The van der Waals surface area contributed by atoms with Crippen LogP contribution < -0.4 is 47.9 Å². The molecule has 35 heavy (non-hydrogen) atoms. The average molecular weight is 459 g/mol. The van der Waals surface area contributed by atoms with E-state index in [-0.39, 0.29) is 61.3 Å². The van der Waals surface area contributed by atoms with Crippen LogP contribution in [0.1, 0.15) is 57.7 Å². The molecule has 0 unspecified atom stereocenters. The largest absolute Gasteiger partial charge is 1.00 e. The molecule has 0 atom stereocenters. The quantitative estimate of drug-likeness (QED) is 0.252. The number of unbranched alkanes of at least 4 members (excludes halogenated alkanes) is 1. The first-order valence-corrected chi connectivity index (χ1v) is 10.7. The van der Waals surface area contributed by atoms with E-state index in [9.17, 15) is 24.9 Å². The van der Waals surface area contributed by atoms with Crippen molar-refractivity contribution in [2.24, 2.45) is 0 Å². The molecule has 4 aromatic rings. The fraction of sp³-hybridized carbons (Fsp3) is 0.240. The summed E-state index contributed by atoms with van der Waals surface area (Å²) in [6.07, 6.45) is 4.48. The van der Waals surface area contributed by atoms with Crippen LogP contribution in [0.25, 0.3) is 16.6 Å². The Hall–Kier alpha value is -2.72. The van der Waals surface area contributed by atoms with E-state index in [0.717, 1.165) is 30.7 Å². The van der Waals surface area contributed by atoms with Crippen molar-refractivity contribution in [3.8, 4) is 5.69 Å². The summed E-state index contributed by atoms with van der Waals surface area (Å²) >= 11 is 0. The number of hydrogen-bond donors (Lipinski definition) is 1. The number of carboxylic acids is 2. The van der Waals surface area contributed by atoms with Crippen LogP contribution in [-0.4, -0.2) is 31.2 Å². The van der Waals surface area contributed by atoms with Crippen LogP contribution in [0.15, 0.2) is 54.7 Å². The number of aliphatic hydroxyl groups excluding tert-OH is 1. The summed E-state index contributed by atoms with van der Waals surface area (Å²) in [5, 5.41) is 33.8. The molecular weight excluding hydrogens is 436 g/mol. The smallest absolute Gasteiger partial charge is 0.545 e. The van der Waals surface area contributed by atoms with Crippen molar-refractivity contribution in [1.29, 1.82) is 0 Å². The predicted octanol–water partition coefficient (Wildman–Crippen LogP) is -4.55. The molecule has 0 aliphatic carbocycles. The van der Waals surface area contributed by atoms with Gasteiger partial charge in [0.2, 0.25) is 0 Å². The van der Waals surface area contributed by atoms with Crippen molar-refractivity contribution in [3.63, 3.8) is 0 Å². The van der Waals surface area contributed by atoms with E-state index in [1.54, 1.807) is 24.4 Å². The second-order valence-electron chi connectivity index (χ2n) is 7.86. The van der Waals surface area contributed by atoms with Crippen molar-refractivity contribution in [2.45, 2.75) is 39.3 Å². The van der Waals surface area contributed by atoms with Gasteiger partial charge >= 0.3 is 37.7 Å². The molecule has 8 nitrogen and oxygen atoms in total. The molecule has 0 aliphatic rings. The third kappa shape index (κ3) is 5.75. The predicted molar refractivity (Wildman–Crippen MR) is 118 cm³/mol. The van der Waals surface area contributed by atoms with Crippen molar-refractivity contribution < 1.29 is 62.6 Å². The Morgan fingerprint density at radius 1 is 1.03 bits per heavy atom. The maximum absolute atomic E-state index is 11.9. The summed E-state index contributed by atoms with van der Waals surface area (Å²) in [5.41, 5.74) is 2.05. The van der Waals surface area contributed by atoms with E-state index in [0.29, 0.717) is 23.1 Å². The average Bonchev–Trinajstić information content (AvgIpc) is 3.38. The van der Waals surface area contributed by atoms with Crippen molar-refractivity contribution in [3.05, 3.63) is 83.1 Å². The molecule has 2 aromatic heterocycles. The summed E-state index contributed by atoms with van der Waals surface area (Å²) < 4.78 is 3.33. The van der Waals surface area contributed by atoms with Crippen LogP contribution in [0.5, 0.6) is 0 Å². The van der Waals surface area contributed by atoms with Gasteiger partial charge in [0, 0.05) is 23.9 Å². The zero-order valence-corrected chi connectivity index (χ0v) is 20.2. The van der Waals surface area contributed by atoms with E-state index in [4.69, 9.17) is 0 Å². The third-order valence-corrected chi connectivity index (χ3v) is 5.72. The molecule has 0 amide bonds. The van der Waals surface area contributed by atoms with E-state index in [1.807, 2.05) is 16.7 Å². The first-order chi connectivity index (χ1) is 15.9. The Labute approximate surface area is 227 Å². The van der Waals surface area contributed by atoms with Crippen LogP contribution >= 0.6 is 0 Å². The van der Waals surface area contributed by atoms with Gasteiger partial charge in [-0.1, -0.05) is 37.6 Å².